The van der Waals surface area contributed by atoms with Crippen molar-refractivity contribution in [3.05, 3.63) is 98.4 Å². The van der Waals surface area contributed by atoms with E-state index >= 15 is 0 Å². The number of nitro groups is 1. The molecule has 0 aliphatic carbocycles. The van der Waals surface area contributed by atoms with Crippen molar-refractivity contribution >= 4 is 17.6 Å². The normalized spacial score (nSPS) is 20.2. The van der Waals surface area contributed by atoms with Gasteiger partial charge in [0.05, 0.1) is 29.1 Å². The standard InChI is InChI=1S/C27H29N3O6/c1-17-23(26(31)35-3)25(20-10-7-11-21(14-20)30(33)34)24(18(2)28-17)27(32)36-22-12-13-29(16-22)15-19-8-5-4-6-9-19/h4-11,14,22,25,28H,12-13,15-16H2,1-3H3/t22-,25?/m1/s1. The maximum Gasteiger partial charge on any atom is 0.337 e. The highest BCUT2D eigenvalue weighted by Gasteiger charge is 2.39. The Hall–Kier alpha value is -3.98. The second-order valence-corrected chi connectivity index (χ2v) is 9.02. The van der Waals surface area contributed by atoms with Crippen LogP contribution in [0.4, 0.5) is 5.69 Å². The van der Waals surface area contributed by atoms with E-state index in [4.69, 9.17) is 9.47 Å². The summed E-state index contributed by atoms with van der Waals surface area (Å²) in [7, 11) is 1.26. The minimum Gasteiger partial charge on any atom is -0.466 e. The molecule has 188 valence electrons. The first-order valence-corrected chi connectivity index (χ1v) is 11.8. The molecular weight excluding hydrogens is 462 g/mol. The molecule has 1 N–H and O–H groups in total. The number of hydrogen-bond donors (Lipinski definition) is 1. The zero-order valence-electron chi connectivity index (χ0n) is 20.5. The van der Waals surface area contributed by atoms with Crippen molar-refractivity contribution < 1.29 is 24.0 Å². The first-order chi connectivity index (χ1) is 17.3. The van der Waals surface area contributed by atoms with Gasteiger partial charge in [-0.25, -0.2) is 9.59 Å². The Balaban J connectivity index is 1.60. The van der Waals surface area contributed by atoms with Gasteiger partial charge in [-0.05, 0) is 31.4 Å². The summed E-state index contributed by atoms with van der Waals surface area (Å²) in [6.45, 7) is 5.60. The zero-order valence-corrected chi connectivity index (χ0v) is 20.5. The number of likely N-dealkylation sites (tertiary alicyclic amines) is 1. The number of carbonyl (C=O) groups excluding carboxylic acids is 2. The fourth-order valence-electron chi connectivity index (χ4n) is 4.89. The Morgan fingerprint density at radius 1 is 1.06 bits per heavy atom. The summed E-state index contributed by atoms with van der Waals surface area (Å²) >= 11 is 0. The largest absolute Gasteiger partial charge is 0.466 e. The number of methoxy groups -OCH3 is 1. The molecule has 2 aliphatic rings. The Labute approximate surface area is 209 Å². The van der Waals surface area contributed by atoms with Gasteiger partial charge in [-0.15, -0.1) is 0 Å². The number of hydrogen-bond acceptors (Lipinski definition) is 8. The molecule has 2 aromatic rings. The van der Waals surface area contributed by atoms with Crippen LogP contribution in [0.1, 0.15) is 37.3 Å². The Morgan fingerprint density at radius 3 is 2.42 bits per heavy atom. The first-order valence-electron chi connectivity index (χ1n) is 11.8. The van der Waals surface area contributed by atoms with Crippen LogP contribution in [0.5, 0.6) is 0 Å². The first kappa shape index (κ1) is 25.1. The minimum absolute atomic E-state index is 0.134. The molecule has 1 saturated heterocycles. The lowest BCUT2D eigenvalue weighted by Gasteiger charge is -2.30. The molecule has 1 unspecified atom stereocenters. The Morgan fingerprint density at radius 2 is 1.75 bits per heavy atom. The third kappa shape index (κ3) is 5.31. The van der Waals surface area contributed by atoms with Crippen LogP contribution >= 0.6 is 0 Å². The lowest BCUT2D eigenvalue weighted by atomic mass is 9.80. The average molecular weight is 492 g/mol. The van der Waals surface area contributed by atoms with Gasteiger partial charge in [0.2, 0.25) is 0 Å². The molecule has 0 saturated carbocycles. The molecule has 0 radical (unpaired) electrons. The second kappa shape index (κ2) is 10.7. The summed E-state index contributed by atoms with van der Waals surface area (Å²) in [5.74, 6) is -2.05. The van der Waals surface area contributed by atoms with Gasteiger partial charge in [0.1, 0.15) is 6.10 Å². The third-order valence-electron chi connectivity index (χ3n) is 6.55. The molecule has 9 heteroatoms. The molecule has 1 fully saturated rings. The third-order valence-corrected chi connectivity index (χ3v) is 6.55. The summed E-state index contributed by atoms with van der Waals surface area (Å²) in [4.78, 5) is 39.5. The van der Waals surface area contributed by atoms with Gasteiger partial charge in [0.25, 0.3) is 5.69 Å². The zero-order chi connectivity index (χ0) is 25.8. The number of rotatable bonds is 7. The van der Waals surface area contributed by atoms with Gasteiger partial charge in [-0.2, -0.15) is 0 Å². The van der Waals surface area contributed by atoms with Gasteiger partial charge >= 0.3 is 11.9 Å². The van der Waals surface area contributed by atoms with Gasteiger partial charge in [-0.3, -0.25) is 15.0 Å². The number of esters is 2. The lowest BCUT2D eigenvalue weighted by Crippen LogP contribution is -2.34. The number of carbonyl (C=O) groups is 2. The quantitative estimate of drug-likeness (QED) is 0.354. The summed E-state index contributed by atoms with van der Waals surface area (Å²) in [5, 5.41) is 14.5. The molecule has 0 spiro atoms. The maximum absolute atomic E-state index is 13.5. The number of nitrogens with one attached hydrogen (secondary N) is 1. The van der Waals surface area contributed by atoms with Crippen molar-refractivity contribution in [2.75, 3.05) is 20.2 Å². The second-order valence-electron chi connectivity index (χ2n) is 9.02. The molecule has 2 aliphatic heterocycles. The highest BCUT2D eigenvalue weighted by molar-refractivity contribution is 6.00. The molecule has 2 heterocycles. The van der Waals surface area contributed by atoms with Crippen LogP contribution in [0, 0.1) is 10.1 Å². The lowest BCUT2D eigenvalue weighted by molar-refractivity contribution is -0.384. The Kier molecular flexibility index (Phi) is 7.49. The van der Waals surface area contributed by atoms with Crippen LogP contribution in [0.3, 0.4) is 0 Å². The predicted octanol–water partition coefficient (Wildman–Crippen LogP) is 3.82. The summed E-state index contributed by atoms with van der Waals surface area (Å²) in [6.07, 6.45) is 0.388. The SMILES string of the molecule is COC(=O)C1=C(C)NC(C)=C(C(=O)O[C@@H]2CCN(Cc3ccccc3)C2)C1c1cccc([N+](=O)[O-])c1. The van der Waals surface area contributed by atoms with Crippen LogP contribution in [-0.4, -0.2) is 48.1 Å². The summed E-state index contributed by atoms with van der Waals surface area (Å²) in [6, 6.07) is 16.0. The van der Waals surface area contributed by atoms with E-state index in [1.54, 1.807) is 19.9 Å². The van der Waals surface area contributed by atoms with Gasteiger partial charge in [0, 0.05) is 43.2 Å². The van der Waals surface area contributed by atoms with Crippen molar-refractivity contribution in [3.8, 4) is 0 Å². The van der Waals surface area contributed by atoms with Crippen LogP contribution in [0.25, 0.3) is 0 Å². The molecule has 2 atom stereocenters. The van der Waals surface area contributed by atoms with Crippen molar-refractivity contribution in [1.82, 2.24) is 10.2 Å². The number of nitrogens with zero attached hydrogens (tertiary/aromatic N) is 2. The fraction of sp³-hybridized carbons (Fsp3) is 0.333. The topological polar surface area (TPSA) is 111 Å². The number of allylic oxidation sites excluding steroid dienone is 2. The van der Waals surface area contributed by atoms with Crippen LogP contribution in [0.15, 0.2) is 77.1 Å². The van der Waals surface area contributed by atoms with Crippen molar-refractivity contribution in [3.63, 3.8) is 0 Å². The van der Waals surface area contributed by atoms with Crippen LogP contribution in [0.2, 0.25) is 0 Å². The van der Waals surface area contributed by atoms with Gasteiger partial charge < -0.3 is 14.8 Å². The highest BCUT2D eigenvalue weighted by Crippen LogP contribution is 2.40. The number of benzene rings is 2. The van der Waals surface area contributed by atoms with E-state index in [0.717, 1.165) is 13.1 Å². The monoisotopic (exact) mass is 491 g/mol. The number of ether oxygens (including phenoxy) is 2. The van der Waals surface area contributed by atoms with E-state index in [1.165, 1.54) is 30.9 Å². The van der Waals surface area contributed by atoms with Crippen LogP contribution in [-0.2, 0) is 25.6 Å². The summed E-state index contributed by atoms with van der Waals surface area (Å²) in [5.41, 5.74) is 2.99. The molecule has 4 rings (SSSR count). The van der Waals surface area contributed by atoms with E-state index in [9.17, 15) is 19.7 Å². The van der Waals surface area contributed by atoms with E-state index in [2.05, 4.69) is 22.3 Å². The van der Waals surface area contributed by atoms with E-state index < -0.39 is 22.8 Å². The fourth-order valence-corrected chi connectivity index (χ4v) is 4.89. The molecule has 36 heavy (non-hydrogen) atoms. The van der Waals surface area contributed by atoms with Crippen molar-refractivity contribution in [2.45, 2.75) is 38.8 Å². The molecule has 9 nitrogen and oxygen atoms in total. The average Bonchev–Trinajstić information content (AvgIpc) is 3.30. The molecule has 2 aromatic carbocycles. The van der Waals surface area contributed by atoms with Crippen molar-refractivity contribution in [1.29, 1.82) is 0 Å². The van der Waals surface area contributed by atoms with E-state index in [1.807, 2.05) is 18.2 Å². The van der Waals surface area contributed by atoms with Gasteiger partial charge in [-0.1, -0.05) is 42.5 Å². The van der Waals surface area contributed by atoms with E-state index in [0.29, 0.717) is 29.9 Å². The van der Waals surface area contributed by atoms with Crippen LogP contribution < -0.4 is 5.32 Å². The smallest absolute Gasteiger partial charge is 0.337 e. The van der Waals surface area contributed by atoms with Crippen molar-refractivity contribution in [2.24, 2.45) is 0 Å². The summed E-state index contributed by atoms with van der Waals surface area (Å²) < 4.78 is 10.9. The maximum atomic E-state index is 13.5. The van der Waals surface area contributed by atoms with E-state index in [-0.39, 0.29) is 22.9 Å². The molecule has 0 amide bonds. The predicted molar refractivity (Wildman–Crippen MR) is 133 cm³/mol. The molecular formula is C27H29N3O6. The molecule has 0 aromatic heterocycles. The number of nitro benzene ring substituents is 1. The number of non-ortho nitro benzene ring substituents is 1. The molecule has 0 bridgehead atoms. The Bertz CT molecular complexity index is 1240. The minimum atomic E-state index is -0.868. The van der Waals surface area contributed by atoms with Gasteiger partial charge in [0.15, 0.2) is 0 Å². The number of dihydropyridines is 1. The highest BCUT2D eigenvalue weighted by atomic mass is 16.6.